The van der Waals surface area contributed by atoms with Crippen LogP contribution in [0.1, 0.15) is 34.7 Å². The van der Waals surface area contributed by atoms with Gasteiger partial charge in [0, 0.05) is 16.7 Å². The van der Waals surface area contributed by atoms with Crippen molar-refractivity contribution in [1.29, 1.82) is 0 Å². The number of nitro benzene ring substituents is 1. The highest BCUT2D eigenvalue weighted by molar-refractivity contribution is 14.1. The van der Waals surface area contributed by atoms with Gasteiger partial charge in [0.15, 0.2) is 4.80 Å². The first-order chi connectivity index (χ1) is 17.8. The van der Waals surface area contributed by atoms with Crippen LogP contribution >= 0.6 is 45.5 Å². The second kappa shape index (κ2) is 9.23. The quantitative estimate of drug-likeness (QED) is 0.189. The molecule has 0 radical (unpaired) electrons. The van der Waals surface area contributed by atoms with Crippen LogP contribution in [0.5, 0.6) is 5.75 Å². The van der Waals surface area contributed by atoms with Crippen molar-refractivity contribution in [3.05, 3.63) is 127 Å². The maximum atomic E-state index is 13.8. The number of hydrogen-bond acceptors (Lipinski definition) is 6. The van der Waals surface area contributed by atoms with Gasteiger partial charge in [-0.1, -0.05) is 59.3 Å². The van der Waals surface area contributed by atoms with E-state index in [2.05, 4.69) is 12.1 Å². The van der Waals surface area contributed by atoms with Crippen LogP contribution in [0.3, 0.4) is 0 Å². The van der Waals surface area contributed by atoms with Gasteiger partial charge in [0.1, 0.15) is 0 Å². The molecule has 7 nitrogen and oxygen atoms in total. The Hall–Kier alpha value is -3.28. The number of thiazole rings is 1. The topological polar surface area (TPSA) is 97.7 Å². The fourth-order valence-electron chi connectivity index (χ4n) is 4.95. The van der Waals surface area contributed by atoms with Gasteiger partial charge in [0.2, 0.25) is 5.75 Å². The van der Waals surface area contributed by atoms with E-state index in [-0.39, 0.29) is 11.6 Å². The van der Waals surface area contributed by atoms with Gasteiger partial charge in [-0.05, 0) is 82.0 Å². The Morgan fingerprint density at radius 3 is 2.68 bits per heavy atom. The summed E-state index contributed by atoms with van der Waals surface area (Å²) in [6.45, 7) is 0. The number of aromatic hydroxyl groups is 1. The maximum absolute atomic E-state index is 13.8. The number of benzene rings is 3. The second-order valence-electron chi connectivity index (χ2n) is 8.79. The molecule has 1 aromatic heterocycles. The highest BCUT2D eigenvalue weighted by Gasteiger charge is 2.32. The van der Waals surface area contributed by atoms with Crippen LogP contribution < -0.4 is 14.9 Å². The highest BCUT2D eigenvalue weighted by Crippen LogP contribution is 2.41. The summed E-state index contributed by atoms with van der Waals surface area (Å²) in [4.78, 5) is 30.1. The van der Waals surface area contributed by atoms with Crippen molar-refractivity contribution in [3.8, 4) is 5.75 Å². The molecule has 3 aromatic carbocycles. The smallest absolute Gasteiger partial charge is 0.312 e. The molecule has 0 saturated carbocycles. The van der Waals surface area contributed by atoms with Crippen LogP contribution in [0.2, 0.25) is 5.02 Å². The summed E-state index contributed by atoms with van der Waals surface area (Å²) < 4.78 is 2.45. The lowest BCUT2D eigenvalue weighted by Crippen LogP contribution is -2.38. The highest BCUT2D eigenvalue weighted by atomic mass is 127. The van der Waals surface area contributed by atoms with E-state index in [1.807, 2.05) is 59.0 Å². The van der Waals surface area contributed by atoms with Crippen molar-refractivity contribution in [1.82, 2.24) is 4.57 Å². The lowest BCUT2D eigenvalue weighted by atomic mass is 9.83. The molecular formula is C27H17ClIN3O4S. The molecule has 0 saturated heterocycles. The fraction of sp³-hybridized carbons (Fsp3) is 0.111. The average molecular weight is 642 g/mol. The van der Waals surface area contributed by atoms with E-state index in [0.29, 0.717) is 23.5 Å². The van der Waals surface area contributed by atoms with Gasteiger partial charge in [-0.3, -0.25) is 19.5 Å². The minimum atomic E-state index is -0.636. The molecule has 37 heavy (non-hydrogen) atoms. The number of nitrogens with zero attached hydrogens (tertiary/aromatic N) is 3. The summed E-state index contributed by atoms with van der Waals surface area (Å²) in [6.07, 6.45) is 3.25. The Kier molecular flexibility index (Phi) is 6.01. The third kappa shape index (κ3) is 4.11. The molecule has 4 aromatic rings. The first-order valence-electron chi connectivity index (χ1n) is 11.4. The van der Waals surface area contributed by atoms with E-state index in [1.54, 1.807) is 16.7 Å². The van der Waals surface area contributed by atoms with Crippen LogP contribution in [-0.2, 0) is 6.42 Å². The molecule has 1 N–H and O–H groups in total. The summed E-state index contributed by atoms with van der Waals surface area (Å²) >= 11 is 9.26. The monoisotopic (exact) mass is 641 g/mol. The van der Waals surface area contributed by atoms with Crippen molar-refractivity contribution < 1.29 is 10.0 Å². The number of phenols is 1. The van der Waals surface area contributed by atoms with Crippen molar-refractivity contribution in [3.63, 3.8) is 0 Å². The minimum absolute atomic E-state index is 0.222. The molecule has 1 atom stereocenters. The first kappa shape index (κ1) is 24.1. The van der Waals surface area contributed by atoms with Crippen LogP contribution in [0.15, 0.2) is 76.0 Å². The SMILES string of the molecule is O=c1/c(=C\c2cc(I)c(O)c([N+](=O)[O-])c2)sc2n1[C@@H](c1ccc(Cl)cc1)C1=C(N=2)c2ccccc2CC1. The van der Waals surface area contributed by atoms with Crippen molar-refractivity contribution in [2.24, 2.45) is 4.99 Å². The molecule has 0 amide bonds. The number of rotatable bonds is 3. The molecule has 0 spiro atoms. The molecular weight excluding hydrogens is 625 g/mol. The van der Waals surface area contributed by atoms with E-state index >= 15 is 0 Å². The molecule has 10 heteroatoms. The maximum Gasteiger partial charge on any atom is 0.312 e. The number of aromatic nitrogens is 1. The molecule has 184 valence electrons. The molecule has 6 rings (SSSR count). The Morgan fingerprint density at radius 2 is 1.92 bits per heavy atom. The normalized spacial score (nSPS) is 16.6. The van der Waals surface area contributed by atoms with E-state index in [4.69, 9.17) is 16.6 Å². The zero-order chi connectivity index (χ0) is 25.8. The first-order valence-corrected chi connectivity index (χ1v) is 13.6. The number of hydrogen-bond donors (Lipinski definition) is 1. The number of allylic oxidation sites excluding steroid dienone is 1. The molecule has 1 aliphatic heterocycles. The van der Waals surface area contributed by atoms with Crippen LogP contribution in [0.25, 0.3) is 11.8 Å². The summed E-state index contributed by atoms with van der Waals surface area (Å²) in [5.41, 5.74) is 5.04. The number of halogens is 2. The van der Waals surface area contributed by atoms with Gasteiger partial charge in [-0.15, -0.1) is 0 Å². The van der Waals surface area contributed by atoms with Crippen LogP contribution in [0.4, 0.5) is 5.69 Å². The molecule has 0 unspecified atom stereocenters. The summed E-state index contributed by atoms with van der Waals surface area (Å²) in [5.74, 6) is -0.390. The van der Waals surface area contributed by atoms with E-state index in [0.717, 1.165) is 35.2 Å². The van der Waals surface area contributed by atoms with Gasteiger partial charge < -0.3 is 5.11 Å². The summed E-state index contributed by atoms with van der Waals surface area (Å²) in [7, 11) is 0. The average Bonchev–Trinajstić information content (AvgIpc) is 3.19. The van der Waals surface area contributed by atoms with Crippen molar-refractivity contribution in [2.45, 2.75) is 18.9 Å². The molecule has 2 aliphatic rings. The molecule has 0 fully saturated rings. The Morgan fingerprint density at radius 1 is 1.16 bits per heavy atom. The zero-order valence-electron chi connectivity index (χ0n) is 19.0. The third-order valence-corrected chi connectivity index (χ3v) is 8.68. The number of phenolic OH excluding ortho intramolecular Hbond substituents is 1. The van der Waals surface area contributed by atoms with Crippen molar-refractivity contribution >= 4 is 63.0 Å². The van der Waals surface area contributed by atoms with Crippen LogP contribution in [-0.4, -0.2) is 14.6 Å². The Labute approximate surface area is 233 Å². The van der Waals surface area contributed by atoms with Gasteiger partial charge in [-0.2, -0.15) is 0 Å². The van der Waals surface area contributed by atoms with E-state index in [1.165, 1.54) is 23.0 Å². The molecule has 1 aliphatic carbocycles. The van der Waals surface area contributed by atoms with E-state index < -0.39 is 16.4 Å². The minimum Gasteiger partial charge on any atom is -0.501 e. The zero-order valence-corrected chi connectivity index (χ0v) is 22.8. The molecule has 0 bridgehead atoms. The van der Waals surface area contributed by atoms with E-state index in [9.17, 15) is 20.0 Å². The third-order valence-electron chi connectivity index (χ3n) is 6.62. The number of fused-ring (bicyclic) bond motifs is 3. The lowest BCUT2D eigenvalue weighted by molar-refractivity contribution is -0.386. The fourth-order valence-corrected chi connectivity index (χ4v) is 6.71. The van der Waals surface area contributed by atoms with Crippen molar-refractivity contribution in [2.75, 3.05) is 0 Å². The van der Waals surface area contributed by atoms with Gasteiger partial charge in [-0.25, -0.2) is 4.99 Å². The summed E-state index contributed by atoms with van der Waals surface area (Å²) in [5, 5.41) is 22.1. The Bertz CT molecular complexity index is 1830. The van der Waals surface area contributed by atoms with Gasteiger partial charge >= 0.3 is 5.69 Å². The predicted octanol–water partition coefficient (Wildman–Crippen LogP) is 5.19. The van der Waals surface area contributed by atoms with Crippen LogP contribution in [0, 0.1) is 13.7 Å². The number of aryl methyl sites for hydroxylation is 1. The van der Waals surface area contributed by atoms with Gasteiger partial charge in [0.05, 0.1) is 24.8 Å². The largest absolute Gasteiger partial charge is 0.501 e. The summed E-state index contributed by atoms with van der Waals surface area (Å²) in [6, 6.07) is 18.3. The predicted molar refractivity (Wildman–Crippen MR) is 152 cm³/mol. The van der Waals surface area contributed by atoms with Gasteiger partial charge in [0.25, 0.3) is 5.56 Å². The standard InChI is InChI=1S/C27H17ClIN3O4S/c28-17-8-5-16(6-9-17)24-19-10-7-15-3-1-2-4-18(15)23(19)30-27-31(24)26(34)22(37-27)13-14-11-20(29)25(33)21(12-14)32(35)36/h1-6,8-9,11-13,24,33H,7,10H2/b22-13+/t24-/m0/s1. The second-order valence-corrected chi connectivity index (χ2v) is 11.4. The number of nitro groups is 1. The molecule has 2 heterocycles. The lowest BCUT2D eigenvalue weighted by Gasteiger charge is -2.30. The Balaban J connectivity index is 1.61.